The number of hydrogen-bond acceptors (Lipinski definition) is 4. The fourth-order valence-electron chi connectivity index (χ4n) is 1.98. The molecule has 1 fully saturated rings. The lowest BCUT2D eigenvalue weighted by molar-refractivity contribution is -0.133. The van der Waals surface area contributed by atoms with Crippen molar-refractivity contribution in [3.05, 3.63) is 0 Å². The summed E-state index contributed by atoms with van der Waals surface area (Å²) in [5, 5.41) is 8.80. The van der Waals surface area contributed by atoms with E-state index in [-0.39, 0.29) is 17.4 Å². The first-order valence-electron chi connectivity index (χ1n) is 6.42. The molecule has 7 heteroatoms. The molecule has 0 atom stereocenters. The average Bonchev–Trinajstić information content (AvgIpc) is 2.43. The fraction of sp³-hybridized carbons (Fsp3) is 0.750. The zero-order valence-corrected chi connectivity index (χ0v) is 11.8. The van der Waals surface area contributed by atoms with E-state index in [1.807, 2.05) is 0 Å². The normalized spacial score (nSPS) is 15.4. The number of carbonyl (C=O) groups is 3. The Morgan fingerprint density at radius 1 is 0.947 bits per heavy atom. The summed E-state index contributed by atoms with van der Waals surface area (Å²) in [4.78, 5) is 36.6. The Hall–Kier alpha value is -1.24. The molecule has 0 radical (unpaired) electrons. The summed E-state index contributed by atoms with van der Waals surface area (Å²) in [6, 6.07) is 0. The maximum atomic E-state index is 11.8. The van der Waals surface area contributed by atoms with Gasteiger partial charge < -0.3 is 14.9 Å². The standard InChI is InChI=1S/C12H20N2O4S/c15-10(9-19)3-1-2-4-11(16)13-5-7-14(8-6-13)12(17)18/h19H,1-9H2,(H,17,18). The van der Waals surface area contributed by atoms with Crippen molar-refractivity contribution in [1.82, 2.24) is 9.80 Å². The Balaban J connectivity index is 2.17. The van der Waals surface area contributed by atoms with Gasteiger partial charge in [0.05, 0.1) is 0 Å². The Morgan fingerprint density at radius 2 is 1.47 bits per heavy atom. The highest BCUT2D eigenvalue weighted by atomic mass is 32.1. The summed E-state index contributed by atoms with van der Waals surface area (Å²) in [5.74, 6) is 0.402. The summed E-state index contributed by atoms with van der Waals surface area (Å²) in [6.07, 6.45) is 1.37. The lowest BCUT2D eigenvalue weighted by Crippen LogP contribution is -2.50. The van der Waals surface area contributed by atoms with Crippen molar-refractivity contribution in [2.45, 2.75) is 25.7 Å². The minimum atomic E-state index is -0.933. The maximum absolute atomic E-state index is 11.8. The van der Waals surface area contributed by atoms with E-state index in [1.165, 1.54) is 4.90 Å². The van der Waals surface area contributed by atoms with E-state index in [2.05, 4.69) is 12.6 Å². The van der Waals surface area contributed by atoms with Crippen LogP contribution in [0.15, 0.2) is 0 Å². The molecule has 1 aliphatic rings. The molecule has 1 saturated heterocycles. The molecule has 0 saturated carbocycles. The van der Waals surface area contributed by atoms with E-state index in [4.69, 9.17) is 5.11 Å². The van der Waals surface area contributed by atoms with Gasteiger partial charge in [-0.15, -0.1) is 0 Å². The minimum Gasteiger partial charge on any atom is -0.465 e. The smallest absolute Gasteiger partial charge is 0.407 e. The number of amides is 2. The van der Waals surface area contributed by atoms with Crippen LogP contribution in [0.5, 0.6) is 0 Å². The molecule has 1 rings (SSSR count). The molecule has 6 nitrogen and oxygen atoms in total. The first-order valence-corrected chi connectivity index (χ1v) is 7.06. The van der Waals surface area contributed by atoms with Crippen LogP contribution in [0.4, 0.5) is 4.79 Å². The molecule has 0 unspecified atom stereocenters. The predicted molar refractivity (Wildman–Crippen MR) is 73.5 cm³/mol. The van der Waals surface area contributed by atoms with Gasteiger partial charge in [0.25, 0.3) is 0 Å². The van der Waals surface area contributed by atoms with Crippen LogP contribution in [0.1, 0.15) is 25.7 Å². The van der Waals surface area contributed by atoms with Crippen LogP contribution in [0.3, 0.4) is 0 Å². The Labute approximate surface area is 118 Å². The van der Waals surface area contributed by atoms with Crippen molar-refractivity contribution in [1.29, 1.82) is 0 Å². The summed E-state index contributed by atoms with van der Waals surface area (Å²) < 4.78 is 0. The zero-order chi connectivity index (χ0) is 14.3. The van der Waals surface area contributed by atoms with E-state index in [1.54, 1.807) is 4.90 Å². The van der Waals surface area contributed by atoms with Gasteiger partial charge in [-0.25, -0.2) is 4.79 Å². The highest BCUT2D eigenvalue weighted by Gasteiger charge is 2.23. The third kappa shape index (κ3) is 5.50. The van der Waals surface area contributed by atoms with E-state index >= 15 is 0 Å². The van der Waals surface area contributed by atoms with Crippen molar-refractivity contribution < 1.29 is 19.5 Å². The number of nitrogens with zero attached hydrogens (tertiary/aromatic N) is 2. The molecule has 19 heavy (non-hydrogen) atoms. The Bertz CT molecular complexity index is 341. The van der Waals surface area contributed by atoms with Crippen LogP contribution in [0, 0.1) is 0 Å². The van der Waals surface area contributed by atoms with Gasteiger partial charge in [-0.05, 0) is 12.8 Å². The molecule has 0 spiro atoms. The molecule has 0 bridgehead atoms. The highest BCUT2D eigenvalue weighted by molar-refractivity contribution is 7.81. The number of rotatable bonds is 6. The van der Waals surface area contributed by atoms with Crippen molar-refractivity contribution in [2.24, 2.45) is 0 Å². The second kappa shape index (κ2) is 8.04. The zero-order valence-electron chi connectivity index (χ0n) is 10.9. The van der Waals surface area contributed by atoms with Gasteiger partial charge in [-0.3, -0.25) is 9.59 Å². The van der Waals surface area contributed by atoms with Gasteiger partial charge in [0.2, 0.25) is 5.91 Å². The first-order chi connectivity index (χ1) is 9.04. The van der Waals surface area contributed by atoms with Crippen molar-refractivity contribution >= 4 is 30.4 Å². The second-order valence-corrected chi connectivity index (χ2v) is 4.87. The minimum absolute atomic E-state index is 0.0448. The molecule has 0 aromatic rings. The summed E-state index contributed by atoms with van der Waals surface area (Å²) in [6.45, 7) is 1.67. The van der Waals surface area contributed by atoms with Gasteiger partial charge in [0.1, 0.15) is 5.78 Å². The summed E-state index contributed by atoms with van der Waals surface area (Å²) >= 11 is 3.89. The maximum Gasteiger partial charge on any atom is 0.407 e. The third-order valence-corrected chi connectivity index (χ3v) is 3.53. The van der Waals surface area contributed by atoms with Crippen LogP contribution in [-0.2, 0) is 9.59 Å². The number of thiol groups is 1. The van der Waals surface area contributed by atoms with E-state index in [0.29, 0.717) is 51.9 Å². The number of ketones is 1. The molecular weight excluding hydrogens is 268 g/mol. The molecule has 0 aliphatic carbocycles. The summed E-state index contributed by atoms with van der Waals surface area (Å²) in [5.41, 5.74) is 0. The number of piperazine rings is 1. The molecule has 0 aromatic heterocycles. The molecule has 1 aliphatic heterocycles. The van der Waals surface area contributed by atoms with Crippen LogP contribution in [0.2, 0.25) is 0 Å². The molecule has 1 N–H and O–H groups in total. The van der Waals surface area contributed by atoms with Gasteiger partial charge in [-0.2, -0.15) is 12.6 Å². The van der Waals surface area contributed by atoms with Crippen LogP contribution in [0.25, 0.3) is 0 Å². The van der Waals surface area contributed by atoms with Gasteiger partial charge in [0, 0.05) is 44.8 Å². The van der Waals surface area contributed by atoms with Gasteiger partial charge in [0.15, 0.2) is 0 Å². The average molecular weight is 288 g/mol. The molecule has 1 heterocycles. The topological polar surface area (TPSA) is 77.9 Å². The third-order valence-electron chi connectivity index (χ3n) is 3.18. The first kappa shape index (κ1) is 15.8. The number of Topliss-reactive ketones (excluding diaryl/α,β-unsaturated/α-hetero) is 1. The van der Waals surface area contributed by atoms with Gasteiger partial charge in [-0.1, -0.05) is 0 Å². The lowest BCUT2D eigenvalue weighted by Gasteiger charge is -2.33. The van der Waals surface area contributed by atoms with Crippen molar-refractivity contribution in [2.75, 3.05) is 31.9 Å². The summed E-state index contributed by atoms with van der Waals surface area (Å²) in [7, 11) is 0. The largest absolute Gasteiger partial charge is 0.465 e. The Morgan fingerprint density at radius 3 is 2.00 bits per heavy atom. The van der Waals surface area contributed by atoms with Crippen LogP contribution in [-0.4, -0.2) is 64.6 Å². The molecule has 108 valence electrons. The van der Waals surface area contributed by atoms with E-state index in [0.717, 1.165) is 0 Å². The predicted octanol–water partition coefficient (Wildman–Crippen LogP) is 0.868. The SMILES string of the molecule is O=C(CS)CCCCC(=O)N1CCN(C(=O)O)CC1. The number of unbranched alkanes of at least 4 members (excludes halogenated alkanes) is 1. The molecular formula is C12H20N2O4S. The fourth-order valence-corrected chi connectivity index (χ4v) is 2.14. The Kier molecular flexibility index (Phi) is 6.69. The number of hydrogen-bond donors (Lipinski definition) is 2. The van der Waals surface area contributed by atoms with Crippen molar-refractivity contribution in [3.63, 3.8) is 0 Å². The second-order valence-electron chi connectivity index (χ2n) is 4.55. The van der Waals surface area contributed by atoms with E-state index in [9.17, 15) is 14.4 Å². The monoisotopic (exact) mass is 288 g/mol. The number of carbonyl (C=O) groups excluding carboxylic acids is 2. The molecule has 2 amide bonds. The van der Waals surface area contributed by atoms with Crippen LogP contribution < -0.4 is 0 Å². The number of carboxylic acid groups (broad SMARTS) is 1. The lowest BCUT2D eigenvalue weighted by atomic mass is 10.1. The van der Waals surface area contributed by atoms with Crippen LogP contribution >= 0.6 is 12.6 Å². The molecule has 0 aromatic carbocycles. The quantitative estimate of drug-likeness (QED) is 0.561. The van der Waals surface area contributed by atoms with Crippen molar-refractivity contribution in [3.8, 4) is 0 Å². The van der Waals surface area contributed by atoms with E-state index < -0.39 is 6.09 Å². The highest BCUT2D eigenvalue weighted by Crippen LogP contribution is 2.08. The van der Waals surface area contributed by atoms with Gasteiger partial charge >= 0.3 is 6.09 Å².